The van der Waals surface area contributed by atoms with E-state index in [0.717, 1.165) is 25.9 Å². The first-order chi connectivity index (χ1) is 8.41. The minimum Gasteiger partial charge on any atom is -0.371 e. The number of hydrogen-bond donors (Lipinski definition) is 1. The van der Waals surface area contributed by atoms with Crippen LogP contribution in [0.15, 0.2) is 0 Å². The molecular weight excluding hydrogens is 265 g/mol. The van der Waals surface area contributed by atoms with Crippen molar-refractivity contribution in [2.24, 2.45) is 5.73 Å². The molecule has 1 rings (SSSR count). The van der Waals surface area contributed by atoms with E-state index in [0.29, 0.717) is 13.1 Å². The van der Waals surface area contributed by atoms with Gasteiger partial charge in [0.05, 0.1) is 6.61 Å². The van der Waals surface area contributed by atoms with E-state index in [1.807, 2.05) is 0 Å². The first kappa shape index (κ1) is 16.1. The maximum atomic E-state index is 11.9. The molecule has 2 N–H and O–H groups in total. The van der Waals surface area contributed by atoms with Crippen molar-refractivity contribution in [3.05, 3.63) is 0 Å². The number of nitrogens with zero attached hydrogens (tertiary/aromatic N) is 1. The van der Waals surface area contributed by atoms with Crippen LogP contribution < -0.4 is 5.73 Å². The zero-order valence-corrected chi connectivity index (χ0v) is 11.4. The number of nitrogens with two attached hydrogens (primary N) is 1. The second-order valence-electron chi connectivity index (χ2n) is 4.60. The van der Waals surface area contributed by atoms with E-state index >= 15 is 0 Å². The summed E-state index contributed by atoms with van der Waals surface area (Å²) in [6, 6.07) is 0. The van der Waals surface area contributed by atoms with E-state index in [1.165, 1.54) is 0 Å². The maximum absolute atomic E-state index is 11.9. The topological polar surface area (TPSA) is 38.5 Å². The Morgan fingerprint density at radius 1 is 1.33 bits per heavy atom. The van der Waals surface area contributed by atoms with Crippen LogP contribution in [-0.4, -0.2) is 61.5 Å². The molecule has 0 radical (unpaired) electrons. The minimum absolute atomic E-state index is 0.133. The van der Waals surface area contributed by atoms with E-state index in [9.17, 15) is 13.2 Å². The average molecular weight is 286 g/mol. The second-order valence-corrected chi connectivity index (χ2v) is 5.87. The summed E-state index contributed by atoms with van der Waals surface area (Å²) in [6.45, 7) is 1.96. The Kier molecular flexibility index (Phi) is 6.23. The maximum Gasteiger partial charge on any atom is 0.411 e. The fourth-order valence-electron chi connectivity index (χ4n) is 2.06. The lowest BCUT2D eigenvalue weighted by Crippen LogP contribution is -2.47. The molecule has 0 spiro atoms. The molecule has 1 aliphatic rings. The quantitative estimate of drug-likeness (QED) is 0.755. The number of hydrogen-bond acceptors (Lipinski definition) is 4. The first-order valence-electron chi connectivity index (χ1n) is 6.03. The highest BCUT2D eigenvalue weighted by atomic mass is 32.2. The van der Waals surface area contributed by atoms with Gasteiger partial charge in [-0.1, -0.05) is 0 Å². The predicted molar refractivity (Wildman–Crippen MR) is 67.8 cm³/mol. The van der Waals surface area contributed by atoms with Crippen LogP contribution in [0.4, 0.5) is 13.2 Å². The van der Waals surface area contributed by atoms with Crippen LogP contribution in [0.3, 0.4) is 0 Å². The van der Waals surface area contributed by atoms with Gasteiger partial charge in [0, 0.05) is 17.8 Å². The Morgan fingerprint density at radius 3 is 2.39 bits per heavy atom. The molecule has 1 saturated heterocycles. The molecule has 0 aliphatic carbocycles. The van der Waals surface area contributed by atoms with Crippen molar-refractivity contribution in [1.29, 1.82) is 0 Å². The minimum atomic E-state index is -4.23. The van der Waals surface area contributed by atoms with E-state index in [2.05, 4.69) is 15.9 Å². The van der Waals surface area contributed by atoms with Crippen molar-refractivity contribution in [3.8, 4) is 0 Å². The Labute approximate surface area is 110 Å². The Balaban J connectivity index is 2.16. The fraction of sp³-hybridized carbons (Fsp3) is 1.00. The van der Waals surface area contributed by atoms with Gasteiger partial charge in [0.15, 0.2) is 0 Å². The van der Waals surface area contributed by atoms with Gasteiger partial charge < -0.3 is 15.4 Å². The van der Waals surface area contributed by atoms with Gasteiger partial charge in [0.2, 0.25) is 0 Å². The highest BCUT2D eigenvalue weighted by molar-refractivity contribution is 8.00. The van der Waals surface area contributed by atoms with Crippen LogP contribution in [0.25, 0.3) is 0 Å². The molecule has 1 aliphatic heterocycles. The van der Waals surface area contributed by atoms with Crippen molar-refractivity contribution in [1.82, 2.24) is 4.90 Å². The van der Waals surface area contributed by atoms with E-state index < -0.39 is 12.8 Å². The van der Waals surface area contributed by atoms with Gasteiger partial charge in [0.25, 0.3) is 0 Å². The molecule has 0 unspecified atom stereocenters. The normalized spacial score (nSPS) is 21.2. The number of alkyl halides is 3. The van der Waals surface area contributed by atoms with E-state index in [-0.39, 0.29) is 11.4 Å². The molecule has 1 heterocycles. The number of likely N-dealkylation sites (tertiary alicyclic amines) is 1. The number of thioether (sulfide) groups is 1. The van der Waals surface area contributed by atoms with Crippen LogP contribution in [0.1, 0.15) is 12.8 Å². The molecule has 1 fully saturated rings. The first-order valence-corrected chi connectivity index (χ1v) is 7.25. The Hall–Kier alpha value is 0.0200. The third-order valence-corrected chi connectivity index (χ3v) is 4.83. The van der Waals surface area contributed by atoms with Crippen LogP contribution >= 0.6 is 11.8 Å². The van der Waals surface area contributed by atoms with Crippen LogP contribution in [0, 0.1) is 0 Å². The van der Waals surface area contributed by atoms with Crippen molar-refractivity contribution in [3.63, 3.8) is 0 Å². The fourth-order valence-corrected chi connectivity index (χ4v) is 2.81. The summed E-state index contributed by atoms with van der Waals surface area (Å²) in [5.74, 6) is 0. The molecule has 0 amide bonds. The van der Waals surface area contributed by atoms with Gasteiger partial charge in [-0.25, -0.2) is 0 Å². The Bertz CT molecular complexity index is 237. The van der Waals surface area contributed by atoms with E-state index in [1.54, 1.807) is 11.8 Å². The molecule has 0 aromatic carbocycles. The molecule has 0 aromatic heterocycles. The van der Waals surface area contributed by atoms with Crippen LogP contribution in [0.2, 0.25) is 0 Å². The molecule has 0 atom stereocenters. The molecule has 108 valence electrons. The highest BCUT2D eigenvalue weighted by Crippen LogP contribution is 2.33. The highest BCUT2D eigenvalue weighted by Gasteiger charge is 2.32. The van der Waals surface area contributed by atoms with Gasteiger partial charge >= 0.3 is 6.18 Å². The summed E-state index contributed by atoms with van der Waals surface area (Å²) in [5, 5.41) is 0. The van der Waals surface area contributed by atoms with Crippen LogP contribution in [-0.2, 0) is 4.74 Å². The van der Waals surface area contributed by atoms with Gasteiger partial charge in [-0.15, -0.1) is 0 Å². The predicted octanol–water partition coefficient (Wildman–Crippen LogP) is 1.72. The van der Waals surface area contributed by atoms with Gasteiger partial charge in [-0.2, -0.15) is 24.9 Å². The lowest BCUT2D eigenvalue weighted by Gasteiger charge is -2.40. The summed E-state index contributed by atoms with van der Waals surface area (Å²) in [7, 11) is 0. The van der Waals surface area contributed by atoms with Gasteiger partial charge in [-0.3, -0.25) is 0 Å². The van der Waals surface area contributed by atoms with Gasteiger partial charge in [-0.05, 0) is 32.2 Å². The SMILES string of the molecule is CSC1(CN)CCN(CCOCC(F)(F)F)CC1. The lowest BCUT2D eigenvalue weighted by molar-refractivity contribution is -0.174. The van der Waals surface area contributed by atoms with Crippen molar-refractivity contribution >= 4 is 11.8 Å². The third-order valence-electron chi connectivity index (χ3n) is 3.39. The molecule has 18 heavy (non-hydrogen) atoms. The number of piperidine rings is 1. The van der Waals surface area contributed by atoms with Crippen molar-refractivity contribution in [2.75, 3.05) is 45.6 Å². The number of ether oxygens (including phenoxy) is 1. The molecular formula is C11H21F3N2OS. The molecule has 0 saturated carbocycles. The third kappa shape index (κ3) is 5.34. The van der Waals surface area contributed by atoms with Crippen LogP contribution in [0.5, 0.6) is 0 Å². The molecule has 0 aromatic rings. The summed E-state index contributed by atoms with van der Waals surface area (Å²) >= 11 is 1.80. The standard InChI is InChI=1S/C11H21F3N2OS/c1-18-10(8-15)2-4-16(5-3-10)6-7-17-9-11(12,13)14/h2-9,15H2,1H3. The number of rotatable bonds is 6. The van der Waals surface area contributed by atoms with Crippen molar-refractivity contribution in [2.45, 2.75) is 23.8 Å². The summed E-state index contributed by atoms with van der Waals surface area (Å²) in [6.07, 6.45) is -0.182. The zero-order valence-electron chi connectivity index (χ0n) is 10.6. The summed E-state index contributed by atoms with van der Waals surface area (Å²) in [4.78, 5) is 2.14. The monoisotopic (exact) mass is 286 g/mol. The largest absolute Gasteiger partial charge is 0.411 e. The second kappa shape index (κ2) is 6.98. The summed E-state index contributed by atoms with van der Waals surface area (Å²) in [5.41, 5.74) is 5.77. The molecule has 7 heteroatoms. The smallest absolute Gasteiger partial charge is 0.371 e. The molecule has 0 bridgehead atoms. The zero-order chi connectivity index (χ0) is 13.6. The van der Waals surface area contributed by atoms with Crippen molar-refractivity contribution < 1.29 is 17.9 Å². The summed E-state index contributed by atoms with van der Waals surface area (Å²) < 4.78 is 40.3. The lowest BCUT2D eigenvalue weighted by atomic mass is 9.96. The molecule has 3 nitrogen and oxygen atoms in total. The van der Waals surface area contributed by atoms with Gasteiger partial charge in [0.1, 0.15) is 6.61 Å². The Morgan fingerprint density at radius 2 is 1.94 bits per heavy atom. The number of halogens is 3. The van der Waals surface area contributed by atoms with E-state index in [4.69, 9.17) is 5.73 Å². The average Bonchev–Trinajstić information content (AvgIpc) is 2.34.